The summed E-state index contributed by atoms with van der Waals surface area (Å²) in [5, 5.41) is 3.93. The lowest BCUT2D eigenvalue weighted by Crippen LogP contribution is -2.42. The van der Waals surface area contributed by atoms with E-state index in [1.54, 1.807) is 0 Å². The second-order valence-electron chi connectivity index (χ2n) is 3.38. The molecule has 0 saturated carbocycles. The van der Waals surface area contributed by atoms with Crippen LogP contribution in [0, 0.1) is 0 Å². The highest BCUT2D eigenvalue weighted by Crippen LogP contribution is 2.05. The molecule has 2 rings (SSSR count). The molecule has 0 aliphatic carbocycles. The van der Waals surface area contributed by atoms with Crippen molar-refractivity contribution in [3.63, 3.8) is 0 Å². The molecule has 1 heterocycles. The van der Waals surface area contributed by atoms with Crippen LogP contribution in [-0.2, 0) is 9.31 Å². The molecule has 0 unspecified atom stereocenters. The van der Waals surface area contributed by atoms with Crippen LogP contribution in [0.2, 0.25) is 5.02 Å². The van der Waals surface area contributed by atoms with Crippen molar-refractivity contribution in [3.05, 3.63) is 29.3 Å². The number of halogens is 1. The zero-order chi connectivity index (χ0) is 10.5. The summed E-state index contributed by atoms with van der Waals surface area (Å²) >= 11 is 5.82. The van der Waals surface area contributed by atoms with Gasteiger partial charge in [-0.15, -0.1) is 0 Å². The fourth-order valence-corrected chi connectivity index (χ4v) is 1.59. The fourth-order valence-electron chi connectivity index (χ4n) is 1.46. The zero-order valence-electron chi connectivity index (χ0n) is 8.41. The highest BCUT2D eigenvalue weighted by Gasteiger charge is 2.21. The molecule has 0 amide bonds. The van der Waals surface area contributed by atoms with Crippen LogP contribution in [0.25, 0.3) is 0 Å². The molecule has 5 heteroatoms. The van der Waals surface area contributed by atoms with Crippen molar-refractivity contribution in [2.45, 2.75) is 0 Å². The van der Waals surface area contributed by atoms with Crippen LogP contribution in [0.1, 0.15) is 0 Å². The first kappa shape index (κ1) is 11.0. The van der Waals surface area contributed by atoms with Gasteiger partial charge in [0.25, 0.3) is 0 Å². The molecule has 3 nitrogen and oxygen atoms in total. The maximum absolute atomic E-state index is 5.82. The molecular weight excluding hydrogens is 212 g/mol. The van der Waals surface area contributed by atoms with E-state index < -0.39 is 0 Å². The minimum absolute atomic E-state index is 0.260. The third-order valence-corrected chi connectivity index (χ3v) is 2.49. The van der Waals surface area contributed by atoms with Gasteiger partial charge in [0, 0.05) is 31.3 Å². The summed E-state index contributed by atoms with van der Waals surface area (Å²) < 4.78 is 11.2. The Kier molecular flexibility index (Phi) is 4.03. The molecule has 0 spiro atoms. The molecule has 0 bridgehead atoms. The van der Waals surface area contributed by atoms with Gasteiger partial charge >= 0.3 is 7.12 Å². The SMILES string of the molecule is Clc1ccc(B2OCCNCCO2)cc1. The van der Waals surface area contributed by atoms with Crippen molar-refractivity contribution in [3.8, 4) is 0 Å². The Hall–Kier alpha value is -0.545. The topological polar surface area (TPSA) is 30.5 Å². The number of hydrogen-bond acceptors (Lipinski definition) is 3. The molecule has 1 aromatic carbocycles. The van der Waals surface area contributed by atoms with E-state index in [1.165, 1.54) is 0 Å². The predicted octanol–water partition coefficient (Wildman–Crippen LogP) is 0.672. The number of nitrogens with one attached hydrogen (secondary N) is 1. The largest absolute Gasteiger partial charge is 0.493 e. The van der Waals surface area contributed by atoms with Gasteiger partial charge in [-0.05, 0) is 17.6 Å². The first-order valence-electron chi connectivity index (χ1n) is 5.05. The smallest absolute Gasteiger partial charge is 0.406 e. The summed E-state index contributed by atoms with van der Waals surface area (Å²) in [5.74, 6) is 0. The quantitative estimate of drug-likeness (QED) is 0.713. The molecule has 0 radical (unpaired) electrons. The first-order valence-corrected chi connectivity index (χ1v) is 5.43. The van der Waals surface area contributed by atoms with Crippen LogP contribution < -0.4 is 10.8 Å². The Morgan fingerprint density at radius 1 is 1.07 bits per heavy atom. The van der Waals surface area contributed by atoms with Gasteiger partial charge in [-0.2, -0.15) is 0 Å². The number of benzene rings is 1. The average molecular weight is 225 g/mol. The van der Waals surface area contributed by atoms with Gasteiger partial charge in [0.05, 0.1) is 0 Å². The Morgan fingerprint density at radius 2 is 1.67 bits per heavy atom. The van der Waals surface area contributed by atoms with Gasteiger partial charge in [-0.1, -0.05) is 23.7 Å². The van der Waals surface area contributed by atoms with Crippen molar-refractivity contribution in [2.75, 3.05) is 26.3 Å². The van der Waals surface area contributed by atoms with Crippen LogP contribution >= 0.6 is 11.6 Å². The minimum atomic E-state index is -0.260. The summed E-state index contributed by atoms with van der Waals surface area (Å²) in [6, 6.07) is 7.56. The molecule has 1 aromatic rings. The van der Waals surface area contributed by atoms with Crippen LogP contribution in [0.3, 0.4) is 0 Å². The Morgan fingerprint density at radius 3 is 2.27 bits per heavy atom. The standard InChI is InChI=1S/C10H13BClNO2/c12-10-3-1-9(2-4-10)11-14-7-5-13-6-8-15-11/h1-4,13H,5-8H2. The van der Waals surface area contributed by atoms with Gasteiger partial charge < -0.3 is 14.6 Å². The van der Waals surface area contributed by atoms with E-state index in [2.05, 4.69) is 5.32 Å². The van der Waals surface area contributed by atoms with Crippen LogP contribution in [-0.4, -0.2) is 33.4 Å². The number of rotatable bonds is 1. The van der Waals surface area contributed by atoms with Crippen LogP contribution in [0.4, 0.5) is 0 Å². The zero-order valence-corrected chi connectivity index (χ0v) is 9.17. The summed E-state index contributed by atoms with van der Waals surface area (Å²) in [6.07, 6.45) is 0. The third kappa shape index (κ3) is 3.21. The van der Waals surface area contributed by atoms with E-state index in [0.717, 1.165) is 23.6 Å². The fraction of sp³-hybridized carbons (Fsp3) is 0.400. The summed E-state index contributed by atoms with van der Waals surface area (Å²) in [7, 11) is -0.260. The summed E-state index contributed by atoms with van der Waals surface area (Å²) in [6.45, 7) is 3.06. The molecule has 1 aliphatic heterocycles. The minimum Gasteiger partial charge on any atom is -0.406 e. The van der Waals surface area contributed by atoms with Crippen molar-refractivity contribution >= 4 is 24.2 Å². The molecule has 0 aromatic heterocycles. The van der Waals surface area contributed by atoms with E-state index >= 15 is 0 Å². The maximum atomic E-state index is 5.82. The normalized spacial score (nSPS) is 18.3. The maximum Gasteiger partial charge on any atom is 0.493 e. The lowest BCUT2D eigenvalue weighted by molar-refractivity contribution is 0.187. The highest BCUT2D eigenvalue weighted by atomic mass is 35.5. The van der Waals surface area contributed by atoms with E-state index in [9.17, 15) is 0 Å². The molecule has 15 heavy (non-hydrogen) atoms. The van der Waals surface area contributed by atoms with Crippen molar-refractivity contribution in [1.82, 2.24) is 5.32 Å². The molecule has 1 aliphatic rings. The van der Waals surface area contributed by atoms with Crippen molar-refractivity contribution < 1.29 is 9.31 Å². The van der Waals surface area contributed by atoms with Gasteiger partial charge in [0.1, 0.15) is 0 Å². The molecule has 1 saturated heterocycles. The highest BCUT2D eigenvalue weighted by molar-refractivity contribution is 6.61. The second-order valence-corrected chi connectivity index (χ2v) is 3.81. The van der Waals surface area contributed by atoms with Gasteiger partial charge in [0.15, 0.2) is 0 Å². The Bertz CT molecular complexity index is 299. The lowest BCUT2D eigenvalue weighted by atomic mass is 9.79. The first-order chi connectivity index (χ1) is 7.36. The molecular formula is C10H13BClNO2. The second kappa shape index (κ2) is 5.51. The van der Waals surface area contributed by atoms with E-state index in [-0.39, 0.29) is 7.12 Å². The van der Waals surface area contributed by atoms with Crippen molar-refractivity contribution in [2.24, 2.45) is 0 Å². The van der Waals surface area contributed by atoms with E-state index in [4.69, 9.17) is 20.9 Å². The molecule has 1 N–H and O–H groups in total. The Labute approximate surface area is 94.9 Å². The third-order valence-electron chi connectivity index (χ3n) is 2.24. The van der Waals surface area contributed by atoms with E-state index in [0.29, 0.717) is 13.2 Å². The summed E-state index contributed by atoms with van der Waals surface area (Å²) in [4.78, 5) is 0. The molecule has 80 valence electrons. The van der Waals surface area contributed by atoms with Crippen LogP contribution in [0.5, 0.6) is 0 Å². The predicted molar refractivity (Wildman–Crippen MR) is 61.6 cm³/mol. The van der Waals surface area contributed by atoms with Crippen LogP contribution in [0.15, 0.2) is 24.3 Å². The monoisotopic (exact) mass is 225 g/mol. The average Bonchev–Trinajstić information content (AvgIpc) is 2.19. The molecule has 0 atom stereocenters. The lowest BCUT2D eigenvalue weighted by Gasteiger charge is -2.18. The van der Waals surface area contributed by atoms with Gasteiger partial charge in [-0.25, -0.2) is 0 Å². The van der Waals surface area contributed by atoms with Gasteiger partial charge in [0.2, 0.25) is 0 Å². The Balaban J connectivity index is 2.03. The number of hydrogen-bond donors (Lipinski definition) is 1. The van der Waals surface area contributed by atoms with Crippen molar-refractivity contribution in [1.29, 1.82) is 0 Å². The van der Waals surface area contributed by atoms with E-state index in [1.807, 2.05) is 24.3 Å². The summed E-state index contributed by atoms with van der Waals surface area (Å²) in [5.41, 5.74) is 1.02. The molecule has 1 fully saturated rings. The van der Waals surface area contributed by atoms with Gasteiger partial charge in [-0.3, -0.25) is 0 Å².